The fourth-order valence-electron chi connectivity index (χ4n) is 7.53. The van der Waals surface area contributed by atoms with Crippen molar-refractivity contribution in [1.29, 1.82) is 0 Å². The highest BCUT2D eigenvalue weighted by atomic mass is 16.6. The van der Waals surface area contributed by atoms with Gasteiger partial charge in [-0.25, -0.2) is 0 Å². The van der Waals surface area contributed by atoms with E-state index in [-0.39, 0.29) is 31.1 Å². The number of amides is 2. The Labute approximate surface area is 223 Å². The molecule has 5 aliphatic rings. The summed E-state index contributed by atoms with van der Waals surface area (Å²) in [6.45, 7) is 2.11. The molecule has 1 unspecified atom stereocenters. The Hall–Kier alpha value is -2.97. The van der Waals surface area contributed by atoms with Crippen molar-refractivity contribution in [2.24, 2.45) is 11.8 Å². The minimum Gasteiger partial charge on any atom is -0.465 e. The molecule has 1 N–H and O–H groups in total. The van der Waals surface area contributed by atoms with Crippen LogP contribution in [0.1, 0.15) is 57.1 Å². The van der Waals surface area contributed by atoms with Gasteiger partial charge in [0.15, 0.2) is 0 Å². The van der Waals surface area contributed by atoms with Crippen LogP contribution in [-0.2, 0) is 23.9 Å². The van der Waals surface area contributed by atoms with Gasteiger partial charge in [0.2, 0.25) is 11.8 Å². The molecule has 3 fully saturated rings. The number of cyclic esters (lactones) is 1. The average Bonchev–Trinajstić information content (AvgIpc) is 3.24. The van der Waals surface area contributed by atoms with E-state index in [4.69, 9.17) is 9.47 Å². The number of hydrogen-bond acceptors (Lipinski definition) is 6. The van der Waals surface area contributed by atoms with E-state index in [9.17, 15) is 19.5 Å². The molecule has 0 aromatic heterocycles. The highest BCUT2D eigenvalue weighted by Gasteiger charge is 2.75. The molecule has 1 aromatic rings. The highest BCUT2D eigenvalue weighted by molar-refractivity contribution is 5.99. The Morgan fingerprint density at radius 3 is 2.50 bits per heavy atom. The summed E-state index contributed by atoms with van der Waals surface area (Å²) in [5, 5.41) is 10.6. The molecule has 202 valence electrons. The number of benzene rings is 1. The third kappa shape index (κ3) is 3.75. The topological polar surface area (TPSA) is 96.4 Å². The first-order valence-electron chi connectivity index (χ1n) is 13.9. The average molecular weight is 521 g/mol. The normalized spacial score (nSPS) is 36.2. The Morgan fingerprint density at radius 1 is 1.00 bits per heavy atom. The number of likely N-dealkylation sites (tertiary alicyclic amines) is 1. The van der Waals surface area contributed by atoms with Crippen molar-refractivity contribution >= 4 is 17.8 Å². The molecule has 2 saturated heterocycles. The second-order valence-corrected chi connectivity index (χ2v) is 11.4. The number of esters is 1. The number of carbonyl (C=O) groups excluding carboxylic acids is 3. The summed E-state index contributed by atoms with van der Waals surface area (Å²) in [5.74, 6) is -2.88. The number of ether oxygens (including phenoxy) is 2. The summed E-state index contributed by atoms with van der Waals surface area (Å²) in [5.41, 5.74) is -1.73. The van der Waals surface area contributed by atoms with E-state index in [2.05, 4.69) is 0 Å². The number of aliphatic hydroxyl groups is 1. The molecule has 1 saturated carbocycles. The van der Waals surface area contributed by atoms with Crippen LogP contribution in [0, 0.1) is 11.8 Å². The van der Waals surface area contributed by atoms with Crippen molar-refractivity contribution in [3.8, 4) is 0 Å². The molecule has 6 atom stereocenters. The molecular formula is C30H36N2O6. The maximum absolute atomic E-state index is 14.6. The number of fused-ring (bicyclic) bond motifs is 2. The Kier molecular flexibility index (Phi) is 6.43. The molecule has 4 aliphatic heterocycles. The minimum absolute atomic E-state index is 0.0897. The lowest BCUT2D eigenvalue weighted by atomic mass is 9.74. The van der Waals surface area contributed by atoms with Gasteiger partial charge in [0, 0.05) is 12.6 Å². The number of nitrogens with zero attached hydrogens (tertiary/aromatic N) is 2. The largest absolute Gasteiger partial charge is 0.465 e. The van der Waals surface area contributed by atoms with Gasteiger partial charge in [-0.15, -0.1) is 0 Å². The second kappa shape index (κ2) is 9.65. The van der Waals surface area contributed by atoms with Gasteiger partial charge in [-0.05, 0) is 31.7 Å². The van der Waals surface area contributed by atoms with E-state index in [1.54, 1.807) is 0 Å². The molecule has 2 amide bonds. The molecule has 4 heterocycles. The predicted molar refractivity (Wildman–Crippen MR) is 139 cm³/mol. The van der Waals surface area contributed by atoms with Crippen LogP contribution in [0.3, 0.4) is 0 Å². The molecule has 1 spiro atoms. The summed E-state index contributed by atoms with van der Waals surface area (Å²) in [4.78, 5) is 45.9. The summed E-state index contributed by atoms with van der Waals surface area (Å²) in [6.07, 6.45) is 13.3. The fraction of sp³-hybridized carbons (Fsp3) is 0.567. The molecule has 38 heavy (non-hydrogen) atoms. The smallest absolute Gasteiger partial charge is 0.313 e. The zero-order valence-electron chi connectivity index (χ0n) is 21.8. The molecule has 8 heteroatoms. The third-order valence-electron chi connectivity index (χ3n) is 9.20. The number of hydrogen-bond donors (Lipinski definition) is 1. The van der Waals surface area contributed by atoms with Crippen LogP contribution in [-0.4, -0.2) is 75.7 Å². The van der Waals surface area contributed by atoms with Crippen LogP contribution in [0.2, 0.25) is 0 Å². The van der Waals surface area contributed by atoms with Crippen molar-refractivity contribution in [2.45, 2.75) is 74.8 Å². The summed E-state index contributed by atoms with van der Waals surface area (Å²) in [6, 6.07) is 7.60. The molecular weight excluding hydrogens is 484 g/mol. The van der Waals surface area contributed by atoms with Gasteiger partial charge >= 0.3 is 5.97 Å². The second-order valence-electron chi connectivity index (χ2n) is 11.4. The summed E-state index contributed by atoms with van der Waals surface area (Å²) in [7, 11) is 0. The van der Waals surface area contributed by atoms with Crippen LogP contribution >= 0.6 is 0 Å². The first-order chi connectivity index (χ1) is 18.4. The monoisotopic (exact) mass is 520 g/mol. The zero-order valence-corrected chi connectivity index (χ0v) is 21.8. The maximum atomic E-state index is 14.6. The van der Waals surface area contributed by atoms with Gasteiger partial charge in [-0.3, -0.25) is 14.4 Å². The summed E-state index contributed by atoms with van der Waals surface area (Å²) < 4.78 is 12.4. The number of rotatable bonds is 4. The fourth-order valence-corrected chi connectivity index (χ4v) is 7.53. The Morgan fingerprint density at radius 2 is 1.76 bits per heavy atom. The molecule has 0 radical (unpaired) electrons. The third-order valence-corrected chi connectivity index (χ3v) is 9.20. The van der Waals surface area contributed by atoms with E-state index < -0.39 is 41.1 Å². The van der Waals surface area contributed by atoms with Gasteiger partial charge in [-0.1, -0.05) is 73.9 Å². The highest BCUT2D eigenvalue weighted by Crippen LogP contribution is 2.58. The van der Waals surface area contributed by atoms with Crippen molar-refractivity contribution in [3.63, 3.8) is 0 Å². The Balaban J connectivity index is 1.51. The predicted octanol–water partition coefficient (Wildman–Crippen LogP) is 2.93. The molecule has 1 aromatic carbocycles. The van der Waals surface area contributed by atoms with Gasteiger partial charge in [-0.2, -0.15) is 0 Å². The first-order valence-corrected chi connectivity index (χ1v) is 13.9. The number of aliphatic hydroxyl groups excluding tert-OH is 1. The lowest BCUT2D eigenvalue weighted by Crippen LogP contribution is -2.58. The van der Waals surface area contributed by atoms with Crippen molar-refractivity contribution < 1.29 is 29.0 Å². The van der Waals surface area contributed by atoms with Gasteiger partial charge in [0.25, 0.3) is 0 Å². The lowest BCUT2D eigenvalue weighted by molar-refractivity contribution is -0.162. The molecule has 1 aliphatic carbocycles. The molecule has 6 rings (SSSR count). The zero-order chi connectivity index (χ0) is 26.5. The quantitative estimate of drug-likeness (QED) is 0.485. The first kappa shape index (κ1) is 25.3. The SMILES string of the molecule is C[C@]12C=CCCOC(=O)[C@H]1[C@H]1C(=O)N([C@H](CO)c3ccccc3)C3C(=O)N(C4CCCCC4)CC=C[C@@]31O2. The van der Waals surface area contributed by atoms with Crippen LogP contribution in [0.5, 0.6) is 0 Å². The minimum atomic E-state index is -1.35. The number of carbonyl (C=O) groups is 3. The van der Waals surface area contributed by atoms with Crippen LogP contribution < -0.4 is 0 Å². The van der Waals surface area contributed by atoms with E-state index in [0.29, 0.717) is 13.0 Å². The van der Waals surface area contributed by atoms with Crippen LogP contribution in [0.4, 0.5) is 0 Å². The standard InChI is InChI=1S/C30H36N2O6/c1-29-15-8-9-18-37-28(36)24(29)23-26(34)32(22(19-33)20-11-4-2-5-12-20)25-27(35)31(21-13-6-3-7-14-21)17-10-16-30(23,25)38-29/h2,4-5,8,10-12,15-16,21-25,33H,3,6-7,9,13-14,17-19H2,1H3/t22-,23+,24-,25?,29+,30+/m1/s1. The van der Waals surface area contributed by atoms with E-state index in [0.717, 1.165) is 37.7 Å². The van der Waals surface area contributed by atoms with Gasteiger partial charge < -0.3 is 24.4 Å². The van der Waals surface area contributed by atoms with E-state index in [1.165, 1.54) is 4.90 Å². The maximum Gasteiger partial charge on any atom is 0.313 e. The van der Waals surface area contributed by atoms with Gasteiger partial charge in [0.05, 0.1) is 30.8 Å². The van der Waals surface area contributed by atoms with Crippen molar-refractivity contribution in [3.05, 3.63) is 60.2 Å². The van der Waals surface area contributed by atoms with E-state index >= 15 is 0 Å². The van der Waals surface area contributed by atoms with Crippen molar-refractivity contribution in [1.82, 2.24) is 9.80 Å². The molecule has 8 nitrogen and oxygen atoms in total. The van der Waals surface area contributed by atoms with Crippen molar-refractivity contribution in [2.75, 3.05) is 19.8 Å². The lowest BCUT2D eigenvalue weighted by Gasteiger charge is -2.42. The molecule has 0 bridgehead atoms. The van der Waals surface area contributed by atoms with Crippen LogP contribution in [0.15, 0.2) is 54.6 Å². The Bertz CT molecular complexity index is 1160. The van der Waals surface area contributed by atoms with E-state index in [1.807, 2.05) is 66.5 Å². The van der Waals surface area contributed by atoms with Crippen LogP contribution in [0.25, 0.3) is 0 Å². The van der Waals surface area contributed by atoms with Gasteiger partial charge in [0.1, 0.15) is 17.6 Å². The summed E-state index contributed by atoms with van der Waals surface area (Å²) >= 11 is 0.